The largest absolute Gasteiger partial charge is 0.508 e. The number of rotatable bonds is 8. The Morgan fingerprint density at radius 1 is 0.306 bits per heavy atom. The van der Waals surface area contributed by atoms with Gasteiger partial charge in [0.25, 0.3) is 0 Å². The molecule has 0 radical (unpaired) electrons. The third-order valence-corrected chi connectivity index (χ3v) is 18.6. The van der Waals surface area contributed by atoms with E-state index in [0.29, 0.717) is 12.2 Å². The van der Waals surface area contributed by atoms with Gasteiger partial charge in [0.2, 0.25) is 0 Å². The van der Waals surface area contributed by atoms with Crippen LogP contribution in [0.2, 0.25) is 0 Å². The molecular formula is C82H118O2S. The summed E-state index contributed by atoms with van der Waals surface area (Å²) in [6.45, 7) is 83.1. The Bertz CT molecular complexity index is 3380. The van der Waals surface area contributed by atoms with Crippen molar-refractivity contribution in [1.29, 1.82) is 0 Å². The molecule has 0 saturated carbocycles. The van der Waals surface area contributed by atoms with Crippen LogP contribution in [-0.2, 0) is 60.6 Å². The second-order valence-corrected chi connectivity index (χ2v) is 37.3. The smallest absolute Gasteiger partial charge is 0.140 e. The number of ether oxygens (including phenoxy) is 1. The van der Waals surface area contributed by atoms with Gasteiger partial charge in [0, 0.05) is 43.2 Å². The molecule has 0 aliphatic rings. The molecule has 1 N–H and O–H groups in total. The summed E-state index contributed by atoms with van der Waals surface area (Å²) in [4.78, 5) is 2.39. The fourth-order valence-corrected chi connectivity index (χ4v) is 14.2. The molecule has 0 aliphatic heterocycles. The maximum atomic E-state index is 12.0. The van der Waals surface area contributed by atoms with Gasteiger partial charge in [-0.15, -0.1) is 0 Å². The first-order valence-corrected chi connectivity index (χ1v) is 32.8. The zero-order valence-corrected chi connectivity index (χ0v) is 61.6. The summed E-state index contributed by atoms with van der Waals surface area (Å²) in [7, 11) is 0. The third kappa shape index (κ3) is 14.7. The SMILES string of the molecule is Cc1cc(C(C)(C)C)c(Cc2c(Sc3cc(C(C)(C)C)c(O)cc3C)c(-c3c(C(C)(C)C)cc(C)cc3C(C)(C)C)c(C(C)(C)C)c(Oc3c(C(C)(C)C)cc(C)cc3C(C)(C)C)c2-c2c(C(C)(C)C)cc(C)cc2C(C)(C)C)c(C(C)(C)C)c1. The van der Waals surface area contributed by atoms with Crippen LogP contribution in [0, 0.1) is 34.6 Å². The van der Waals surface area contributed by atoms with Gasteiger partial charge in [-0.3, -0.25) is 0 Å². The fraction of sp³-hybridized carbons (Fsp3) is 0.561. The van der Waals surface area contributed by atoms with Crippen molar-refractivity contribution in [3.8, 4) is 39.5 Å². The van der Waals surface area contributed by atoms with Crippen molar-refractivity contribution < 1.29 is 9.84 Å². The topological polar surface area (TPSA) is 29.5 Å². The number of phenolic OH excluding ortho intramolecular Hbond substituents is 1. The Morgan fingerprint density at radius 2 is 0.600 bits per heavy atom. The zero-order valence-electron chi connectivity index (χ0n) is 60.7. The predicted octanol–water partition coefficient (Wildman–Crippen LogP) is 24.8. The summed E-state index contributed by atoms with van der Waals surface area (Å²) in [6.07, 6.45) is 0.642. The van der Waals surface area contributed by atoms with E-state index in [2.05, 4.69) is 297 Å². The molecule has 0 atom stereocenters. The minimum atomic E-state index is -0.511. The maximum Gasteiger partial charge on any atom is 0.140 e. The summed E-state index contributed by atoms with van der Waals surface area (Å²) < 4.78 is 8.75. The Hall–Kier alpha value is -4.73. The molecule has 0 aliphatic carbocycles. The van der Waals surface area contributed by atoms with Crippen molar-refractivity contribution in [1.82, 2.24) is 0 Å². The van der Waals surface area contributed by atoms with Gasteiger partial charge in [0.1, 0.15) is 17.2 Å². The molecule has 0 unspecified atom stereocenters. The molecule has 0 saturated heterocycles. The average molecular weight is 1170 g/mol. The molecule has 85 heavy (non-hydrogen) atoms. The van der Waals surface area contributed by atoms with Crippen LogP contribution in [0.1, 0.15) is 302 Å². The normalized spacial score (nSPS) is 13.7. The van der Waals surface area contributed by atoms with Crippen LogP contribution in [0.25, 0.3) is 22.3 Å². The molecule has 0 spiro atoms. The lowest BCUT2D eigenvalue weighted by Gasteiger charge is -2.40. The second-order valence-electron chi connectivity index (χ2n) is 36.3. The minimum Gasteiger partial charge on any atom is -0.508 e. The van der Waals surface area contributed by atoms with E-state index in [-0.39, 0.29) is 48.7 Å². The highest BCUT2D eigenvalue weighted by atomic mass is 32.2. The van der Waals surface area contributed by atoms with Gasteiger partial charge < -0.3 is 9.84 Å². The molecule has 6 aromatic carbocycles. The van der Waals surface area contributed by atoms with Gasteiger partial charge in [-0.05, 0) is 169 Å². The van der Waals surface area contributed by atoms with Crippen LogP contribution < -0.4 is 4.74 Å². The summed E-state index contributed by atoms with van der Waals surface area (Å²) in [5.74, 6) is 2.24. The molecule has 0 heterocycles. The number of hydrogen-bond donors (Lipinski definition) is 1. The lowest BCUT2D eigenvalue weighted by atomic mass is 9.67. The van der Waals surface area contributed by atoms with Crippen LogP contribution in [0.3, 0.4) is 0 Å². The first kappa shape index (κ1) is 69.4. The van der Waals surface area contributed by atoms with E-state index in [1.54, 1.807) is 0 Å². The number of benzene rings is 6. The Labute approximate surface area is 526 Å². The molecule has 0 aromatic heterocycles. The molecule has 3 heteroatoms. The van der Waals surface area contributed by atoms with Gasteiger partial charge in [0.15, 0.2) is 0 Å². The van der Waals surface area contributed by atoms with Crippen molar-refractivity contribution in [2.24, 2.45) is 0 Å². The van der Waals surface area contributed by atoms with E-state index in [1.165, 1.54) is 111 Å². The molecule has 2 nitrogen and oxygen atoms in total. The highest BCUT2D eigenvalue weighted by molar-refractivity contribution is 7.99. The van der Waals surface area contributed by atoms with Gasteiger partial charge >= 0.3 is 0 Å². The average Bonchev–Trinajstić information content (AvgIpc) is 0.735. The van der Waals surface area contributed by atoms with Crippen LogP contribution >= 0.6 is 11.8 Å². The first-order chi connectivity index (χ1) is 38.0. The monoisotopic (exact) mass is 1170 g/mol. The first-order valence-electron chi connectivity index (χ1n) is 32.0. The van der Waals surface area contributed by atoms with E-state index >= 15 is 0 Å². The highest BCUT2D eigenvalue weighted by Crippen LogP contribution is 2.61. The molecule has 464 valence electrons. The van der Waals surface area contributed by atoms with Crippen molar-refractivity contribution in [2.75, 3.05) is 0 Å². The second kappa shape index (κ2) is 22.7. The Balaban J connectivity index is 2.31. The molecule has 0 amide bonds. The van der Waals surface area contributed by atoms with E-state index in [4.69, 9.17) is 4.74 Å². The quantitative estimate of drug-likeness (QED) is 0.165. The van der Waals surface area contributed by atoms with Gasteiger partial charge in [-0.25, -0.2) is 0 Å². The van der Waals surface area contributed by atoms with Gasteiger partial charge in [-0.1, -0.05) is 290 Å². The van der Waals surface area contributed by atoms with Crippen LogP contribution in [0.5, 0.6) is 17.2 Å². The van der Waals surface area contributed by atoms with E-state index < -0.39 is 5.41 Å². The van der Waals surface area contributed by atoms with Crippen molar-refractivity contribution >= 4 is 11.8 Å². The zero-order chi connectivity index (χ0) is 65.2. The summed E-state index contributed by atoms with van der Waals surface area (Å²) in [5, 5.41) is 12.0. The number of phenols is 1. The van der Waals surface area contributed by atoms with Crippen molar-refractivity contribution in [2.45, 2.75) is 313 Å². The predicted molar refractivity (Wildman–Crippen MR) is 376 cm³/mol. The highest BCUT2D eigenvalue weighted by Gasteiger charge is 2.43. The van der Waals surface area contributed by atoms with Crippen molar-refractivity contribution in [3.63, 3.8) is 0 Å². The lowest BCUT2D eigenvalue weighted by Crippen LogP contribution is -2.26. The van der Waals surface area contributed by atoms with E-state index in [1.807, 2.05) is 17.8 Å². The van der Waals surface area contributed by atoms with Crippen LogP contribution in [0.4, 0.5) is 0 Å². The third-order valence-electron chi connectivity index (χ3n) is 17.3. The standard InChI is InChI=1S/C82H118O2S/c1-47-36-54(73(6,7)8)52(55(37-47)74(9,10)11)45-53-65(66-57(76(15,16)17)38-48(2)39-58(66)77(18,19)20)71(84-70-61(80(27,28)29)42-50(4)43-62(70)81(30,31)32)69(82(33,34)35)68(67-59(78(21,22)23)40-49(3)41-60(67)79(24,25)26)72(53)85-64-46-56(75(12,13)14)63(83)44-51(64)5/h36-44,46,83H,45H2,1-35H3. The molecule has 0 fully saturated rings. The van der Waals surface area contributed by atoms with E-state index in [0.717, 1.165) is 27.5 Å². The van der Waals surface area contributed by atoms with Gasteiger partial charge in [0.05, 0.1) is 0 Å². The van der Waals surface area contributed by atoms with Gasteiger partial charge in [-0.2, -0.15) is 0 Å². The Morgan fingerprint density at radius 3 is 0.906 bits per heavy atom. The number of aryl methyl sites for hydroxylation is 5. The maximum absolute atomic E-state index is 12.0. The lowest BCUT2D eigenvalue weighted by molar-refractivity contribution is 0.418. The minimum absolute atomic E-state index is 0.199. The van der Waals surface area contributed by atoms with Crippen LogP contribution in [-0.4, -0.2) is 5.11 Å². The summed E-state index contributed by atoms with van der Waals surface area (Å²) in [6, 6.07) is 24.2. The van der Waals surface area contributed by atoms with Crippen molar-refractivity contribution in [3.05, 3.63) is 155 Å². The molecule has 0 bridgehead atoms. The molecule has 6 aromatic rings. The van der Waals surface area contributed by atoms with Crippen LogP contribution in [0.15, 0.2) is 70.5 Å². The Kier molecular flexibility index (Phi) is 18.5. The molecular weight excluding hydrogens is 1050 g/mol. The van der Waals surface area contributed by atoms with E-state index in [9.17, 15) is 5.11 Å². The number of aromatic hydroxyl groups is 1. The summed E-state index contributed by atoms with van der Waals surface area (Å²) >= 11 is 1.93. The fourth-order valence-electron chi connectivity index (χ4n) is 12.9. The summed E-state index contributed by atoms with van der Waals surface area (Å²) in [5.41, 5.74) is 23.4. The molecule has 6 rings (SSSR count). The number of hydrogen-bond acceptors (Lipinski definition) is 3.